The summed E-state index contributed by atoms with van der Waals surface area (Å²) in [6.07, 6.45) is 1.91. The van der Waals surface area contributed by atoms with Crippen molar-refractivity contribution >= 4 is 33.7 Å². The van der Waals surface area contributed by atoms with E-state index in [4.69, 9.17) is 4.42 Å². The zero-order valence-electron chi connectivity index (χ0n) is 13.9. The number of imidazole rings is 1. The number of nitrogens with one attached hydrogen (secondary N) is 2. The van der Waals surface area contributed by atoms with Gasteiger partial charge in [-0.2, -0.15) is 0 Å². The number of fused-ring (bicyclic) bond motifs is 2. The first-order valence-electron chi connectivity index (χ1n) is 8.28. The molecule has 4 rings (SSSR count). The summed E-state index contributed by atoms with van der Waals surface area (Å²) in [4.78, 5) is 24.2. The minimum Gasteiger partial charge on any atom is -0.441 e. The predicted molar refractivity (Wildman–Crippen MR) is 96.4 cm³/mol. The Morgan fingerprint density at radius 1 is 1.16 bits per heavy atom. The summed E-state index contributed by atoms with van der Waals surface area (Å²) in [5.41, 5.74) is 4.18. The molecule has 0 bridgehead atoms. The second kappa shape index (κ2) is 6.39. The summed E-state index contributed by atoms with van der Waals surface area (Å²) in [7, 11) is 0. The second-order valence-corrected chi connectivity index (χ2v) is 6.02. The zero-order chi connectivity index (χ0) is 17.2. The van der Waals surface area contributed by atoms with Gasteiger partial charge in [-0.3, -0.25) is 4.79 Å². The number of carbonyl (C=O) groups is 1. The average Bonchev–Trinajstić information content (AvgIpc) is 3.16. The van der Waals surface area contributed by atoms with Crippen LogP contribution in [0.2, 0.25) is 0 Å². The number of carbonyl (C=O) groups excluding carboxylic acids is 1. The van der Waals surface area contributed by atoms with Crippen LogP contribution in [0.1, 0.15) is 24.6 Å². The van der Waals surface area contributed by atoms with Gasteiger partial charge in [0, 0.05) is 25.5 Å². The number of nitrogens with zero attached hydrogens (tertiary/aromatic N) is 2. The lowest BCUT2D eigenvalue weighted by Crippen LogP contribution is -2.11. The maximum absolute atomic E-state index is 12.1. The standard InChI is InChI=1S/C19H18N4O2/c1-12-20-16-11-13(9-10-17(16)25-12)21-19(24)8-4-7-18-22-14-5-2-3-6-15(14)23-18/h2-3,5-6,9-11H,4,7-8H2,1H3,(H,21,24)(H,22,23). The highest BCUT2D eigenvalue weighted by Crippen LogP contribution is 2.20. The molecular weight excluding hydrogens is 316 g/mol. The van der Waals surface area contributed by atoms with Gasteiger partial charge in [-0.1, -0.05) is 12.1 Å². The van der Waals surface area contributed by atoms with E-state index in [2.05, 4.69) is 20.3 Å². The molecule has 6 nitrogen and oxygen atoms in total. The topological polar surface area (TPSA) is 83.8 Å². The van der Waals surface area contributed by atoms with Gasteiger partial charge >= 0.3 is 0 Å². The molecule has 0 spiro atoms. The van der Waals surface area contributed by atoms with Gasteiger partial charge in [0.2, 0.25) is 5.91 Å². The molecule has 0 radical (unpaired) electrons. The Hall–Kier alpha value is -3.15. The van der Waals surface area contributed by atoms with E-state index >= 15 is 0 Å². The van der Waals surface area contributed by atoms with Crippen molar-refractivity contribution in [1.29, 1.82) is 0 Å². The molecular formula is C19H18N4O2. The van der Waals surface area contributed by atoms with E-state index < -0.39 is 0 Å². The summed E-state index contributed by atoms with van der Waals surface area (Å²) in [5, 5.41) is 2.90. The number of benzene rings is 2. The van der Waals surface area contributed by atoms with Crippen LogP contribution in [0.15, 0.2) is 46.9 Å². The second-order valence-electron chi connectivity index (χ2n) is 6.02. The molecule has 0 aliphatic heterocycles. The van der Waals surface area contributed by atoms with E-state index in [1.807, 2.05) is 42.5 Å². The van der Waals surface area contributed by atoms with Crippen LogP contribution in [-0.4, -0.2) is 20.9 Å². The maximum atomic E-state index is 12.1. The Morgan fingerprint density at radius 2 is 2.04 bits per heavy atom. The summed E-state index contributed by atoms with van der Waals surface area (Å²) >= 11 is 0. The molecule has 126 valence electrons. The Labute approximate surface area is 144 Å². The number of aromatic amines is 1. The minimum absolute atomic E-state index is 0.0179. The van der Waals surface area contributed by atoms with Crippen molar-refractivity contribution in [2.24, 2.45) is 0 Å². The molecule has 0 atom stereocenters. The number of hydrogen-bond donors (Lipinski definition) is 2. The molecule has 2 N–H and O–H groups in total. The lowest BCUT2D eigenvalue weighted by atomic mass is 10.2. The Balaban J connectivity index is 1.33. The van der Waals surface area contributed by atoms with Gasteiger partial charge in [-0.25, -0.2) is 9.97 Å². The van der Waals surface area contributed by atoms with Gasteiger partial charge in [0.25, 0.3) is 0 Å². The van der Waals surface area contributed by atoms with Crippen molar-refractivity contribution in [1.82, 2.24) is 15.0 Å². The van der Waals surface area contributed by atoms with Crippen LogP contribution in [0.5, 0.6) is 0 Å². The number of H-pyrrole nitrogens is 1. The molecule has 0 fully saturated rings. The highest BCUT2D eigenvalue weighted by molar-refractivity contribution is 5.92. The quantitative estimate of drug-likeness (QED) is 0.578. The number of rotatable bonds is 5. The largest absolute Gasteiger partial charge is 0.441 e. The Kier molecular flexibility index (Phi) is 3.93. The summed E-state index contributed by atoms with van der Waals surface area (Å²) in [5.74, 6) is 1.51. The van der Waals surface area contributed by atoms with E-state index in [-0.39, 0.29) is 5.91 Å². The van der Waals surface area contributed by atoms with Gasteiger partial charge in [-0.05, 0) is 36.8 Å². The third kappa shape index (κ3) is 3.38. The fraction of sp³-hybridized carbons (Fsp3) is 0.211. The van der Waals surface area contributed by atoms with Crippen LogP contribution >= 0.6 is 0 Å². The Bertz CT molecular complexity index is 1010. The molecule has 0 unspecified atom stereocenters. The van der Waals surface area contributed by atoms with Crippen LogP contribution in [0.3, 0.4) is 0 Å². The van der Waals surface area contributed by atoms with E-state index in [9.17, 15) is 4.79 Å². The van der Waals surface area contributed by atoms with E-state index in [0.29, 0.717) is 12.3 Å². The van der Waals surface area contributed by atoms with Crippen molar-refractivity contribution in [2.75, 3.05) is 5.32 Å². The number of para-hydroxylation sites is 2. The summed E-state index contributed by atoms with van der Waals surface area (Å²) in [6, 6.07) is 13.4. The van der Waals surface area contributed by atoms with Crippen molar-refractivity contribution < 1.29 is 9.21 Å². The van der Waals surface area contributed by atoms with E-state index in [0.717, 1.165) is 46.5 Å². The summed E-state index contributed by atoms with van der Waals surface area (Å²) < 4.78 is 5.43. The SMILES string of the molecule is Cc1nc2cc(NC(=O)CCCc3nc4ccccc4[nH]3)ccc2o1. The molecule has 4 aromatic rings. The molecule has 0 saturated carbocycles. The first-order valence-corrected chi connectivity index (χ1v) is 8.28. The molecule has 0 aliphatic rings. The molecule has 2 heterocycles. The van der Waals surface area contributed by atoms with Crippen LogP contribution in [-0.2, 0) is 11.2 Å². The highest BCUT2D eigenvalue weighted by atomic mass is 16.3. The summed E-state index contributed by atoms with van der Waals surface area (Å²) in [6.45, 7) is 1.80. The number of aromatic nitrogens is 3. The van der Waals surface area contributed by atoms with Gasteiger partial charge in [0.1, 0.15) is 11.3 Å². The molecule has 0 aliphatic carbocycles. The van der Waals surface area contributed by atoms with Crippen LogP contribution in [0, 0.1) is 6.92 Å². The Morgan fingerprint density at radius 3 is 2.92 bits per heavy atom. The van der Waals surface area contributed by atoms with Gasteiger partial charge < -0.3 is 14.7 Å². The lowest BCUT2D eigenvalue weighted by Gasteiger charge is -2.04. The zero-order valence-corrected chi connectivity index (χ0v) is 13.9. The number of oxazole rings is 1. The van der Waals surface area contributed by atoms with Crippen molar-refractivity contribution in [2.45, 2.75) is 26.2 Å². The molecule has 6 heteroatoms. The number of hydrogen-bond acceptors (Lipinski definition) is 4. The van der Waals surface area contributed by atoms with Crippen molar-refractivity contribution in [3.63, 3.8) is 0 Å². The lowest BCUT2D eigenvalue weighted by molar-refractivity contribution is -0.116. The molecule has 0 saturated heterocycles. The van der Waals surface area contributed by atoms with Crippen molar-refractivity contribution in [3.8, 4) is 0 Å². The molecule has 1 amide bonds. The predicted octanol–water partition coefficient (Wildman–Crippen LogP) is 3.97. The van der Waals surface area contributed by atoms with Gasteiger partial charge in [0.05, 0.1) is 11.0 Å². The van der Waals surface area contributed by atoms with Crippen LogP contribution in [0.25, 0.3) is 22.1 Å². The number of anilines is 1. The number of aryl methyl sites for hydroxylation is 2. The highest BCUT2D eigenvalue weighted by Gasteiger charge is 2.08. The van der Waals surface area contributed by atoms with Crippen LogP contribution < -0.4 is 5.32 Å². The molecule has 2 aromatic heterocycles. The molecule has 25 heavy (non-hydrogen) atoms. The smallest absolute Gasteiger partial charge is 0.224 e. The number of amides is 1. The maximum Gasteiger partial charge on any atom is 0.224 e. The fourth-order valence-corrected chi connectivity index (χ4v) is 2.88. The van der Waals surface area contributed by atoms with Crippen LogP contribution in [0.4, 0.5) is 5.69 Å². The fourth-order valence-electron chi connectivity index (χ4n) is 2.88. The van der Waals surface area contributed by atoms with E-state index in [1.165, 1.54) is 0 Å². The average molecular weight is 334 g/mol. The monoisotopic (exact) mass is 334 g/mol. The van der Waals surface area contributed by atoms with Gasteiger partial charge in [-0.15, -0.1) is 0 Å². The van der Waals surface area contributed by atoms with Gasteiger partial charge in [0.15, 0.2) is 11.5 Å². The van der Waals surface area contributed by atoms with Crippen molar-refractivity contribution in [3.05, 3.63) is 54.2 Å². The third-order valence-electron chi connectivity index (χ3n) is 4.03. The first-order chi connectivity index (χ1) is 12.2. The molecule has 2 aromatic carbocycles. The first kappa shape index (κ1) is 15.4. The minimum atomic E-state index is -0.0179. The normalized spacial score (nSPS) is 11.2. The van der Waals surface area contributed by atoms with E-state index in [1.54, 1.807) is 6.92 Å². The third-order valence-corrected chi connectivity index (χ3v) is 4.03.